The smallest absolute Gasteiger partial charge is 0.340 e. The molecule has 0 spiro atoms. The van der Waals surface area contributed by atoms with Gasteiger partial charge in [0.15, 0.2) is 6.61 Å². The molecule has 4 aromatic rings. The molecular formula is C25H21FN2O4S. The van der Waals surface area contributed by atoms with Crippen LogP contribution in [-0.4, -0.2) is 30.6 Å². The van der Waals surface area contributed by atoms with Gasteiger partial charge in [-0.05, 0) is 60.3 Å². The van der Waals surface area contributed by atoms with Crippen molar-refractivity contribution in [2.45, 2.75) is 13.0 Å². The minimum absolute atomic E-state index is 0.275. The molecule has 0 saturated carbocycles. The first-order valence-electron chi connectivity index (χ1n) is 10.2. The number of hydrogen-bond donors (Lipinski definition) is 1. The van der Waals surface area contributed by atoms with Crippen molar-refractivity contribution in [1.82, 2.24) is 10.3 Å². The highest BCUT2D eigenvalue weighted by Crippen LogP contribution is 2.26. The zero-order valence-electron chi connectivity index (χ0n) is 18.0. The number of benzene rings is 2. The predicted octanol–water partition coefficient (Wildman–Crippen LogP) is 4.82. The van der Waals surface area contributed by atoms with Crippen LogP contribution in [0.1, 0.15) is 32.5 Å². The van der Waals surface area contributed by atoms with Gasteiger partial charge in [-0.15, -0.1) is 11.3 Å². The molecule has 1 N–H and O–H groups in total. The number of carbonyl (C=O) groups excluding carboxylic acids is 2. The number of aromatic nitrogens is 1. The van der Waals surface area contributed by atoms with Gasteiger partial charge in [-0.2, -0.15) is 0 Å². The van der Waals surface area contributed by atoms with Crippen LogP contribution in [0.4, 0.5) is 4.39 Å². The van der Waals surface area contributed by atoms with E-state index in [-0.39, 0.29) is 11.4 Å². The maximum absolute atomic E-state index is 13.3. The largest absolute Gasteiger partial charge is 0.497 e. The average Bonchev–Trinajstić information content (AvgIpc) is 3.35. The van der Waals surface area contributed by atoms with Gasteiger partial charge in [0.2, 0.25) is 0 Å². The lowest BCUT2D eigenvalue weighted by Crippen LogP contribution is -2.32. The molecule has 1 atom stereocenters. The van der Waals surface area contributed by atoms with E-state index >= 15 is 0 Å². The standard InChI is InChI=1S/C25H21FN2O4S/c1-15-20(13-17-12-19(31-2)9-10-21(17)27-15)25(30)32-14-23(29)28-24(22-4-3-11-33-22)16-5-7-18(26)8-6-16/h3-13,24H,14H2,1-2H3,(H,28,29). The van der Waals surface area contributed by atoms with E-state index in [4.69, 9.17) is 9.47 Å². The van der Waals surface area contributed by atoms with Crippen LogP contribution >= 0.6 is 11.3 Å². The van der Waals surface area contributed by atoms with E-state index in [0.29, 0.717) is 11.4 Å². The Morgan fingerprint density at radius 3 is 2.61 bits per heavy atom. The van der Waals surface area contributed by atoms with E-state index in [0.717, 1.165) is 21.3 Å². The summed E-state index contributed by atoms with van der Waals surface area (Å²) in [6.45, 7) is 1.25. The van der Waals surface area contributed by atoms with Crippen LogP contribution in [0.25, 0.3) is 10.9 Å². The maximum atomic E-state index is 13.3. The van der Waals surface area contributed by atoms with E-state index in [2.05, 4.69) is 10.3 Å². The number of methoxy groups -OCH3 is 1. The number of hydrogen-bond acceptors (Lipinski definition) is 6. The minimum Gasteiger partial charge on any atom is -0.497 e. The Hall–Kier alpha value is -3.78. The van der Waals surface area contributed by atoms with Gasteiger partial charge in [-0.3, -0.25) is 9.78 Å². The second-order valence-corrected chi connectivity index (χ2v) is 8.30. The number of amides is 1. The van der Waals surface area contributed by atoms with Gasteiger partial charge < -0.3 is 14.8 Å². The summed E-state index contributed by atoms with van der Waals surface area (Å²) in [5.74, 6) is -0.832. The highest BCUT2D eigenvalue weighted by atomic mass is 32.1. The lowest BCUT2D eigenvalue weighted by molar-refractivity contribution is -0.124. The summed E-state index contributed by atoms with van der Waals surface area (Å²) in [5.41, 5.74) is 2.22. The molecule has 2 aromatic carbocycles. The highest BCUT2D eigenvalue weighted by molar-refractivity contribution is 7.10. The monoisotopic (exact) mass is 464 g/mol. The van der Waals surface area contributed by atoms with Crippen LogP contribution in [-0.2, 0) is 9.53 Å². The molecule has 2 heterocycles. The zero-order valence-corrected chi connectivity index (χ0v) is 18.8. The van der Waals surface area contributed by atoms with Gasteiger partial charge >= 0.3 is 5.97 Å². The van der Waals surface area contributed by atoms with E-state index in [1.54, 1.807) is 44.4 Å². The Morgan fingerprint density at radius 1 is 1.12 bits per heavy atom. The van der Waals surface area contributed by atoms with Crippen molar-refractivity contribution in [2.24, 2.45) is 0 Å². The number of aryl methyl sites for hydroxylation is 1. The van der Waals surface area contributed by atoms with Crippen molar-refractivity contribution in [3.63, 3.8) is 0 Å². The second-order valence-electron chi connectivity index (χ2n) is 7.32. The number of esters is 1. The Labute approximate surface area is 194 Å². The molecule has 0 aliphatic heterocycles. The Bertz CT molecular complexity index is 1290. The highest BCUT2D eigenvalue weighted by Gasteiger charge is 2.20. The number of ether oxygens (including phenoxy) is 2. The van der Waals surface area contributed by atoms with Crippen LogP contribution in [0.2, 0.25) is 0 Å². The topological polar surface area (TPSA) is 77.5 Å². The molecule has 0 radical (unpaired) electrons. The molecule has 33 heavy (non-hydrogen) atoms. The molecule has 0 saturated heterocycles. The third-order valence-corrected chi connectivity index (χ3v) is 6.04. The second kappa shape index (κ2) is 9.79. The molecule has 0 aliphatic carbocycles. The quantitative estimate of drug-likeness (QED) is 0.397. The summed E-state index contributed by atoms with van der Waals surface area (Å²) in [7, 11) is 1.56. The first-order valence-corrected chi connectivity index (χ1v) is 11.0. The molecule has 1 amide bonds. The number of halogens is 1. The van der Waals surface area contributed by atoms with Crippen LogP contribution in [0.5, 0.6) is 5.75 Å². The zero-order chi connectivity index (χ0) is 23.4. The van der Waals surface area contributed by atoms with Gasteiger partial charge in [-0.25, -0.2) is 9.18 Å². The predicted molar refractivity (Wildman–Crippen MR) is 124 cm³/mol. The maximum Gasteiger partial charge on any atom is 0.340 e. The van der Waals surface area contributed by atoms with Gasteiger partial charge in [-0.1, -0.05) is 18.2 Å². The summed E-state index contributed by atoms with van der Waals surface area (Å²) in [5, 5.41) is 5.48. The number of nitrogens with zero attached hydrogens (tertiary/aromatic N) is 1. The number of carbonyl (C=O) groups is 2. The minimum atomic E-state index is -0.644. The fraction of sp³-hybridized carbons (Fsp3) is 0.160. The van der Waals surface area contributed by atoms with Crippen LogP contribution < -0.4 is 10.1 Å². The molecular weight excluding hydrogens is 443 g/mol. The summed E-state index contributed by atoms with van der Waals surface area (Å²) in [6, 6.07) is 16.2. The number of rotatable bonds is 7. The van der Waals surface area contributed by atoms with Gasteiger partial charge in [0.1, 0.15) is 11.6 Å². The summed E-state index contributed by atoms with van der Waals surface area (Å²) >= 11 is 1.46. The third kappa shape index (κ3) is 5.18. The number of pyridine rings is 1. The van der Waals surface area contributed by atoms with Crippen molar-refractivity contribution >= 4 is 34.1 Å². The van der Waals surface area contributed by atoms with Crippen LogP contribution in [0, 0.1) is 12.7 Å². The number of nitrogens with one attached hydrogen (secondary N) is 1. The molecule has 6 nitrogen and oxygen atoms in total. The molecule has 2 aromatic heterocycles. The Kier molecular flexibility index (Phi) is 6.65. The Morgan fingerprint density at radius 2 is 1.91 bits per heavy atom. The SMILES string of the molecule is COc1ccc2nc(C)c(C(=O)OCC(=O)NC(c3ccc(F)cc3)c3cccs3)cc2c1. The fourth-order valence-electron chi connectivity index (χ4n) is 3.43. The van der Waals surface area contributed by atoms with Crippen molar-refractivity contribution in [1.29, 1.82) is 0 Å². The summed E-state index contributed by atoms with van der Waals surface area (Å²) in [4.78, 5) is 30.6. The first-order chi connectivity index (χ1) is 15.9. The Balaban J connectivity index is 1.47. The molecule has 8 heteroatoms. The van der Waals surface area contributed by atoms with Crippen LogP contribution in [0.3, 0.4) is 0 Å². The van der Waals surface area contributed by atoms with Crippen molar-refractivity contribution < 1.29 is 23.5 Å². The van der Waals surface area contributed by atoms with E-state index in [9.17, 15) is 14.0 Å². The average molecular weight is 465 g/mol. The summed E-state index contributed by atoms with van der Waals surface area (Å²) < 4.78 is 23.8. The van der Waals surface area contributed by atoms with Crippen molar-refractivity contribution in [2.75, 3.05) is 13.7 Å². The molecule has 168 valence electrons. The molecule has 0 aliphatic rings. The van der Waals surface area contributed by atoms with Gasteiger partial charge in [0.05, 0.1) is 29.9 Å². The number of thiophene rings is 1. The third-order valence-electron chi connectivity index (χ3n) is 5.10. The van der Waals surface area contributed by atoms with E-state index < -0.39 is 24.5 Å². The lowest BCUT2D eigenvalue weighted by Gasteiger charge is -2.18. The van der Waals surface area contributed by atoms with E-state index in [1.807, 2.05) is 23.6 Å². The van der Waals surface area contributed by atoms with Crippen molar-refractivity contribution in [3.05, 3.63) is 93.6 Å². The van der Waals surface area contributed by atoms with E-state index in [1.165, 1.54) is 23.5 Å². The molecule has 4 rings (SSSR count). The summed E-state index contributed by atoms with van der Waals surface area (Å²) in [6.07, 6.45) is 0. The number of fused-ring (bicyclic) bond motifs is 1. The molecule has 0 fully saturated rings. The molecule has 1 unspecified atom stereocenters. The lowest BCUT2D eigenvalue weighted by atomic mass is 10.1. The van der Waals surface area contributed by atoms with Crippen LogP contribution in [0.15, 0.2) is 66.0 Å². The first kappa shape index (κ1) is 22.4. The fourth-order valence-corrected chi connectivity index (χ4v) is 4.23. The molecule has 0 bridgehead atoms. The normalized spacial score (nSPS) is 11.7. The van der Waals surface area contributed by atoms with Gasteiger partial charge in [0, 0.05) is 10.3 Å². The van der Waals surface area contributed by atoms with Crippen molar-refractivity contribution in [3.8, 4) is 5.75 Å². The van der Waals surface area contributed by atoms with Gasteiger partial charge in [0.25, 0.3) is 5.91 Å².